The third kappa shape index (κ3) is 1.51. The third-order valence-corrected chi connectivity index (χ3v) is 4.10. The number of carbonyl (C=O) groups is 1. The Labute approximate surface area is 101 Å². The predicted molar refractivity (Wildman–Crippen MR) is 69.3 cm³/mol. The van der Waals surface area contributed by atoms with Gasteiger partial charge >= 0.3 is 0 Å². The summed E-state index contributed by atoms with van der Waals surface area (Å²) >= 11 is 0. The molecule has 17 heavy (non-hydrogen) atoms. The number of hydrogen-bond acceptors (Lipinski definition) is 1. The van der Waals surface area contributed by atoms with E-state index in [9.17, 15) is 4.79 Å². The second-order valence-electron chi connectivity index (χ2n) is 5.05. The largest absolute Gasteiger partial charge is 0.348 e. The third-order valence-electron chi connectivity index (χ3n) is 4.10. The first-order chi connectivity index (χ1) is 8.18. The summed E-state index contributed by atoms with van der Waals surface area (Å²) in [5.41, 5.74) is 3.99. The average molecular weight is 227 g/mol. The molecule has 88 valence electrons. The molecule has 2 aromatic rings. The Kier molecular flexibility index (Phi) is 2.32. The number of aromatic nitrogens is 1. The smallest absolute Gasteiger partial charge is 0.133 e. The number of rotatable bonds is 1. The zero-order valence-electron chi connectivity index (χ0n) is 10.4. The van der Waals surface area contributed by atoms with Crippen molar-refractivity contribution in [3.63, 3.8) is 0 Å². The molecule has 0 amide bonds. The molecule has 1 aliphatic rings. The Morgan fingerprint density at radius 1 is 1.29 bits per heavy atom. The summed E-state index contributed by atoms with van der Waals surface area (Å²) in [6.07, 6.45) is 2.51. The zero-order chi connectivity index (χ0) is 12.0. The highest BCUT2D eigenvalue weighted by Crippen LogP contribution is 2.39. The molecule has 2 nitrogen and oxygen atoms in total. The van der Waals surface area contributed by atoms with Crippen LogP contribution < -0.4 is 0 Å². The lowest BCUT2D eigenvalue weighted by atomic mass is 9.95. The minimum atomic E-state index is 0.419. The van der Waals surface area contributed by atoms with Crippen molar-refractivity contribution in [3.05, 3.63) is 35.5 Å². The second-order valence-corrected chi connectivity index (χ2v) is 5.05. The van der Waals surface area contributed by atoms with Crippen LogP contribution in [0.5, 0.6) is 0 Å². The van der Waals surface area contributed by atoms with E-state index < -0.39 is 0 Å². The fourth-order valence-electron chi connectivity index (χ4n) is 3.13. The number of ketones is 1. The summed E-state index contributed by atoms with van der Waals surface area (Å²) in [6.45, 7) is 2.16. The van der Waals surface area contributed by atoms with Crippen LogP contribution in [-0.4, -0.2) is 10.4 Å². The summed E-state index contributed by atoms with van der Waals surface area (Å²) in [5.74, 6) is 0.857. The minimum absolute atomic E-state index is 0.419. The van der Waals surface area contributed by atoms with Crippen LogP contribution in [-0.2, 0) is 11.8 Å². The zero-order valence-corrected chi connectivity index (χ0v) is 10.4. The number of para-hydroxylation sites is 1. The van der Waals surface area contributed by atoms with Crippen LogP contribution in [0.3, 0.4) is 0 Å². The van der Waals surface area contributed by atoms with Crippen molar-refractivity contribution in [2.75, 3.05) is 0 Å². The monoisotopic (exact) mass is 227 g/mol. The average Bonchev–Trinajstić information content (AvgIpc) is 2.84. The highest BCUT2D eigenvalue weighted by molar-refractivity contribution is 5.88. The van der Waals surface area contributed by atoms with Gasteiger partial charge in [0, 0.05) is 36.5 Å². The first-order valence-corrected chi connectivity index (χ1v) is 6.24. The predicted octanol–water partition coefficient (Wildman–Crippen LogP) is 3.32. The fraction of sp³-hybridized carbons (Fsp3) is 0.400. The van der Waals surface area contributed by atoms with Gasteiger partial charge in [0.05, 0.1) is 0 Å². The van der Waals surface area contributed by atoms with Crippen molar-refractivity contribution in [2.24, 2.45) is 7.05 Å². The molecule has 1 fully saturated rings. The summed E-state index contributed by atoms with van der Waals surface area (Å²) in [5, 5.41) is 1.33. The van der Waals surface area contributed by atoms with Gasteiger partial charge < -0.3 is 4.57 Å². The van der Waals surface area contributed by atoms with Crippen molar-refractivity contribution < 1.29 is 4.79 Å². The van der Waals surface area contributed by atoms with Crippen LogP contribution in [0, 0.1) is 6.92 Å². The topological polar surface area (TPSA) is 22.0 Å². The van der Waals surface area contributed by atoms with Gasteiger partial charge in [0.25, 0.3) is 0 Å². The molecule has 0 spiro atoms. The number of nitrogens with zero attached hydrogens (tertiary/aromatic N) is 1. The summed E-state index contributed by atoms with van der Waals surface area (Å²) in [4.78, 5) is 11.5. The number of aryl methyl sites for hydroxylation is 1. The van der Waals surface area contributed by atoms with E-state index >= 15 is 0 Å². The number of carbonyl (C=O) groups excluding carboxylic acids is 1. The molecule has 2 heteroatoms. The molecule has 1 aromatic heterocycles. The van der Waals surface area contributed by atoms with Crippen molar-refractivity contribution in [1.29, 1.82) is 0 Å². The van der Waals surface area contributed by atoms with Crippen LogP contribution in [0.15, 0.2) is 24.3 Å². The molecule has 0 unspecified atom stereocenters. The molecular weight excluding hydrogens is 210 g/mol. The first-order valence-electron chi connectivity index (χ1n) is 6.24. The highest BCUT2D eigenvalue weighted by Gasteiger charge is 2.27. The van der Waals surface area contributed by atoms with E-state index in [1.54, 1.807) is 0 Å². The number of fused-ring (bicyclic) bond motifs is 1. The standard InChI is InChI=1S/C15H17NO/c1-10-15(11-7-8-12(17)9-11)13-5-3-4-6-14(13)16(10)2/h3-6,11H,7-9H2,1-2H3/t11-/m0/s1. The maximum atomic E-state index is 11.5. The van der Waals surface area contributed by atoms with Gasteiger partial charge in [0.2, 0.25) is 0 Å². The Bertz CT molecular complexity index is 594. The molecule has 3 rings (SSSR count). The molecule has 1 heterocycles. The number of Topliss-reactive ketones (excluding diaryl/α,β-unsaturated/α-hetero) is 1. The van der Waals surface area contributed by atoms with Crippen molar-refractivity contribution in [2.45, 2.75) is 32.1 Å². The van der Waals surface area contributed by atoms with Crippen LogP contribution in [0.2, 0.25) is 0 Å². The lowest BCUT2D eigenvalue weighted by molar-refractivity contribution is -0.117. The highest BCUT2D eigenvalue weighted by atomic mass is 16.1. The molecule has 0 radical (unpaired) electrons. The molecule has 1 aromatic carbocycles. The normalized spacial score (nSPS) is 20.4. The van der Waals surface area contributed by atoms with Crippen molar-refractivity contribution >= 4 is 16.7 Å². The Morgan fingerprint density at radius 3 is 2.76 bits per heavy atom. The van der Waals surface area contributed by atoms with E-state index in [4.69, 9.17) is 0 Å². The van der Waals surface area contributed by atoms with Crippen LogP contribution >= 0.6 is 0 Å². The van der Waals surface area contributed by atoms with E-state index in [-0.39, 0.29) is 0 Å². The van der Waals surface area contributed by atoms with Gasteiger partial charge in [-0.1, -0.05) is 18.2 Å². The quantitative estimate of drug-likeness (QED) is 0.732. The van der Waals surface area contributed by atoms with Gasteiger partial charge in [-0.15, -0.1) is 0 Å². The van der Waals surface area contributed by atoms with Crippen LogP contribution in [0.25, 0.3) is 10.9 Å². The summed E-state index contributed by atoms with van der Waals surface area (Å²) in [7, 11) is 2.11. The van der Waals surface area contributed by atoms with Gasteiger partial charge in [0.15, 0.2) is 0 Å². The van der Waals surface area contributed by atoms with Crippen molar-refractivity contribution in [3.8, 4) is 0 Å². The van der Waals surface area contributed by atoms with Crippen LogP contribution in [0.4, 0.5) is 0 Å². The van der Waals surface area contributed by atoms with E-state index in [1.165, 1.54) is 22.2 Å². The fourth-order valence-corrected chi connectivity index (χ4v) is 3.13. The molecule has 0 N–H and O–H groups in total. The first kappa shape index (κ1) is 10.6. The van der Waals surface area contributed by atoms with E-state index in [1.807, 2.05) is 0 Å². The maximum Gasteiger partial charge on any atom is 0.133 e. The van der Waals surface area contributed by atoms with Gasteiger partial charge in [0.1, 0.15) is 5.78 Å². The van der Waals surface area contributed by atoms with Crippen LogP contribution in [0.1, 0.15) is 36.4 Å². The minimum Gasteiger partial charge on any atom is -0.348 e. The van der Waals surface area contributed by atoms with Gasteiger partial charge in [-0.3, -0.25) is 4.79 Å². The Hall–Kier alpha value is -1.57. The number of hydrogen-bond donors (Lipinski definition) is 0. The molecular formula is C15H17NO. The number of benzene rings is 1. The SMILES string of the molecule is Cc1c([C@H]2CCC(=O)C2)c2ccccc2n1C. The Balaban J connectivity index is 2.22. The lowest BCUT2D eigenvalue weighted by Crippen LogP contribution is -1.98. The van der Waals surface area contributed by atoms with Gasteiger partial charge in [-0.2, -0.15) is 0 Å². The van der Waals surface area contributed by atoms with Gasteiger partial charge in [-0.05, 0) is 30.9 Å². The van der Waals surface area contributed by atoms with E-state index in [2.05, 4.69) is 42.8 Å². The molecule has 1 atom stereocenters. The lowest BCUT2D eigenvalue weighted by Gasteiger charge is -2.09. The Morgan fingerprint density at radius 2 is 2.06 bits per heavy atom. The van der Waals surface area contributed by atoms with Gasteiger partial charge in [-0.25, -0.2) is 0 Å². The maximum absolute atomic E-state index is 11.5. The van der Waals surface area contributed by atoms with Crippen molar-refractivity contribution in [1.82, 2.24) is 4.57 Å². The van der Waals surface area contributed by atoms with E-state index in [0.29, 0.717) is 11.7 Å². The van der Waals surface area contributed by atoms with E-state index in [0.717, 1.165) is 19.3 Å². The summed E-state index contributed by atoms with van der Waals surface area (Å²) in [6, 6.07) is 8.50. The molecule has 0 saturated heterocycles. The molecule has 0 bridgehead atoms. The molecule has 1 aliphatic carbocycles. The molecule has 1 saturated carbocycles. The molecule has 0 aliphatic heterocycles. The summed E-state index contributed by atoms with van der Waals surface area (Å²) < 4.78 is 2.24. The second kappa shape index (κ2) is 3.73.